The monoisotopic (exact) mass is 387 g/mol. The largest absolute Gasteiger partial charge is 0.463 e. The highest BCUT2D eigenvalue weighted by Gasteiger charge is 2.23. The molecule has 0 spiro atoms. The van der Waals surface area contributed by atoms with Gasteiger partial charge >= 0.3 is 0 Å². The summed E-state index contributed by atoms with van der Waals surface area (Å²) < 4.78 is 8.49. The van der Waals surface area contributed by atoms with Crippen LogP contribution in [0.15, 0.2) is 27.6 Å². The Bertz CT molecular complexity index is 1010. The van der Waals surface area contributed by atoms with Crippen molar-refractivity contribution in [1.82, 2.24) is 24.4 Å². The third-order valence-electron chi connectivity index (χ3n) is 5.26. The molecule has 0 aliphatic rings. The second kappa shape index (κ2) is 8.60. The highest BCUT2D eigenvalue weighted by molar-refractivity contribution is 5.83. The van der Waals surface area contributed by atoms with Gasteiger partial charge in [-0.1, -0.05) is 20.8 Å². The summed E-state index contributed by atoms with van der Waals surface area (Å²) in [7, 11) is 0. The fraction of sp³-hybridized carbons (Fsp3) is 0.550. The number of hydrogen-bond acceptors (Lipinski definition) is 5. The van der Waals surface area contributed by atoms with Gasteiger partial charge in [-0.05, 0) is 39.4 Å². The lowest BCUT2D eigenvalue weighted by Gasteiger charge is -2.20. The van der Waals surface area contributed by atoms with Crippen molar-refractivity contribution in [2.75, 3.05) is 26.2 Å². The lowest BCUT2D eigenvalue weighted by Crippen LogP contribution is -2.40. The van der Waals surface area contributed by atoms with Crippen LogP contribution in [0, 0.1) is 6.92 Å². The maximum Gasteiger partial charge on any atom is 0.291 e. The normalized spacial score (nSPS) is 12.9. The van der Waals surface area contributed by atoms with Crippen molar-refractivity contribution in [3.05, 3.63) is 34.6 Å². The van der Waals surface area contributed by atoms with Crippen molar-refractivity contribution in [3.8, 4) is 0 Å². The Kier molecular flexibility index (Phi) is 6.18. The van der Waals surface area contributed by atoms with Gasteiger partial charge < -0.3 is 14.6 Å². The summed E-state index contributed by atoms with van der Waals surface area (Å²) in [5.41, 5.74) is 1.61. The number of fused-ring (bicyclic) bond motifs is 3. The fourth-order valence-electron chi connectivity index (χ4n) is 3.65. The number of rotatable bonds is 9. The first kappa shape index (κ1) is 20.1. The van der Waals surface area contributed by atoms with Crippen LogP contribution >= 0.6 is 0 Å². The Morgan fingerprint density at radius 1 is 1.29 bits per heavy atom. The molecule has 0 bridgehead atoms. The summed E-state index contributed by atoms with van der Waals surface area (Å²) in [5, 5.41) is 7.40. The minimum Gasteiger partial charge on any atom is -0.463 e. The summed E-state index contributed by atoms with van der Waals surface area (Å²) >= 11 is 0. The zero-order valence-corrected chi connectivity index (χ0v) is 17.1. The second-order valence-corrected chi connectivity index (χ2v) is 6.93. The van der Waals surface area contributed by atoms with Crippen molar-refractivity contribution in [2.45, 2.75) is 46.6 Å². The van der Waals surface area contributed by atoms with Crippen LogP contribution in [0.3, 0.4) is 0 Å². The number of furan rings is 1. The van der Waals surface area contributed by atoms with Crippen molar-refractivity contribution in [1.29, 1.82) is 0 Å². The maximum absolute atomic E-state index is 13.0. The van der Waals surface area contributed by atoms with Crippen LogP contribution in [0.4, 0.5) is 0 Å². The van der Waals surface area contributed by atoms with Gasteiger partial charge in [0.2, 0.25) is 5.91 Å². The lowest BCUT2D eigenvalue weighted by atomic mass is 10.2. The van der Waals surface area contributed by atoms with E-state index in [4.69, 9.17) is 4.42 Å². The minimum absolute atomic E-state index is 0.171. The molecule has 0 aromatic carbocycles. The number of aryl methyl sites for hydroxylation is 1. The molecule has 1 atom stereocenters. The summed E-state index contributed by atoms with van der Waals surface area (Å²) in [5.74, 6) is 0.467. The van der Waals surface area contributed by atoms with Crippen LogP contribution in [0.5, 0.6) is 0 Å². The van der Waals surface area contributed by atoms with Crippen molar-refractivity contribution >= 4 is 22.5 Å². The zero-order chi connectivity index (χ0) is 20.3. The number of carbonyl (C=O) groups excluding carboxylic acids is 1. The second-order valence-electron chi connectivity index (χ2n) is 6.93. The fourth-order valence-corrected chi connectivity index (χ4v) is 3.65. The molecule has 0 saturated heterocycles. The summed E-state index contributed by atoms with van der Waals surface area (Å²) in [6, 6.07) is 2.88. The van der Waals surface area contributed by atoms with Gasteiger partial charge in [0.25, 0.3) is 5.56 Å². The molecule has 0 fully saturated rings. The maximum atomic E-state index is 13.0. The first-order valence-electron chi connectivity index (χ1n) is 9.99. The van der Waals surface area contributed by atoms with Gasteiger partial charge in [0.15, 0.2) is 5.58 Å². The van der Waals surface area contributed by atoms with Crippen LogP contribution in [-0.2, 0) is 4.79 Å². The molecule has 0 radical (unpaired) electrons. The van der Waals surface area contributed by atoms with Crippen LogP contribution in [0.2, 0.25) is 0 Å². The van der Waals surface area contributed by atoms with Crippen molar-refractivity contribution in [2.24, 2.45) is 0 Å². The van der Waals surface area contributed by atoms with E-state index in [1.807, 2.05) is 13.8 Å². The molecule has 152 valence electrons. The first-order valence-corrected chi connectivity index (χ1v) is 9.99. The number of nitrogens with one attached hydrogen (secondary N) is 1. The third-order valence-corrected chi connectivity index (χ3v) is 5.26. The Balaban J connectivity index is 1.80. The summed E-state index contributed by atoms with van der Waals surface area (Å²) in [6.07, 6.45) is 2.95. The standard InChI is InChI=1S/C20H29N5O3/c1-5-15(19(26)21-10-8-11-23(6-2)7-3)25-20(27)17-13-18-16(9-12-28-18)24(17)14(4)22-25/h9,12-13,15H,5-8,10-11H2,1-4H3,(H,21,26)/t15-/m0/s1. The number of carbonyl (C=O) groups is 1. The summed E-state index contributed by atoms with van der Waals surface area (Å²) in [4.78, 5) is 28.0. The molecule has 28 heavy (non-hydrogen) atoms. The molecule has 1 N–H and O–H groups in total. The Labute approximate surface area is 164 Å². The third kappa shape index (κ3) is 3.69. The molecule has 3 aromatic heterocycles. The predicted molar refractivity (Wildman–Crippen MR) is 109 cm³/mol. The van der Waals surface area contributed by atoms with Gasteiger partial charge in [-0.25, -0.2) is 4.68 Å². The minimum atomic E-state index is -0.633. The highest BCUT2D eigenvalue weighted by atomic mass is 16.3. The van der Waals surface area contributed by atoms with E-state index in [0.29, 0.717) is 29.9 Å². The quantitative estimate of drug-likeness (QED) is 0.570. The van der Waals surface area contributed by atoms with Gasteiger partial charge in [0, 0.05) is 18.7 Å². The van der Waals surface area contributed by atoms with Gasteiger partial charge in [-0.15, -0.1) is 0 Å². The molecule has 8 heteroatoms. The Hall–Kier alpha value is -2.61. The van der Waals surface area contributed by atoms with Crippen LogP contribution in [0.1, 0.15) is 45.5 Å². The van der Waals surface area contributed by atoms with Crippen LogP contribution in [0.25, 0.3) is 16.6 Å². The lowest BCUT2D eigenvalue weighted by molar-refractivity contribution is -0.124. The van der Waals surface area contributed by atoms with Crippen LogP contribution in [-0.4, -0.2) is 51.2 Å². The van der Waals surface area contributed by atoms with Gasteiger partial charge in [0.1, 0.15) is 17.4 Å². The molecule has 3 aromatic rings. The molecular formula is C20H29N5O3. The number of hydrogen-bond donors (Lipinski definition) is 1. The topological polar surface area (TPSA) is 84.8 Å². The van der Waals surface area contributed by atoms with E-state index in [-0.39, 0.29) is 11.5 Å². The number of amides is 1. The first-order chi connectivity index (χ1) is 13.5. The smallest absolute Gasteiger partial charge is 0.291 e. The molecule has 3 heterocycles. The van der Waals surface area contributed by atoms with E-state index in [2.05, 4.69) is 29.2 Å². The van der Waals surface area contributed by atoms with E-state index in [1.165, 1.54) is 4.68 Å². The Morgan fingerprint density at radius 3 is 2.71 bits per heavy atom. The van der Waals surface area contributed by atoms with E-state index in [0.717, 1.165) is 31.6 Å². The molecule has 0 aliphatic carbocycles. The molecule has 1 amide bonds. The van der Waals surface area contributed by atoms with Gasteiger partial charge in [-0.2, -0.15) is 5.10 Å². The average Bonchev–Trinajstić information content (AvgIpc) is 3.27. The SMILES string of the molecule is CC[C@@H](C(=O)NCCCN(CC)CC)n1nc(C)n2c(cc3occc32)c1=O. The number of aromatic nitrogens is 3. The predicted octanol–water partition coefficient (Wildman–Crippen LogP) is 2.35. The molecule has 8 nitrogen and oxygen atoms in total. The van der Waals surface area contributed by atoms with Gasteiger partial charge in [0.05, 0.1) is 11.8 Å². The zero-order valence-electron chi connectivity index (χ0n) is 17.1. The molecule has 3 rings (SSSR count). The van der Waals surface area contributed by atoms with E-state index in [9.17, 15) is 9.59 Å². The van der Waals surface area contributed by atoms with Gasteiger partial charge in [-0.3, -0.25) is 14.0 Å². The van der Waals surface area contributed by atoms with E-state index in [1.54, 1.807) is 22.8 Å². The van der Waals surface area contributed by atoms with E-state index >= 15 is 0 Å². The van der Waals surface area contributed by atoms with Crippen LogP contribution < -0.4 is 10.9 Å². The Morgan fingerprint density at radius 2 is 2.04 bits per heavy atom. The molecule has 0 unspecified atom stereocenters. The molecule has 0 aliphatic heterocycles. The summed E-state index contributed by atoms with van der Waals surface area (Å²) in [6.45, 7) is 11.5. The molecule has 0 saturated carbocycles. The van der Waals surface area contributed by atoms with E-state index < -0.39 is 6.04 Å². The highest BCUT2D eigenvalue weighted by Crippen LogP contribution is 2.21. The molecular weight excluding hydrogens is 358 g/mol. The average molecular weight is 387 g/mol. The van der Waals surface area contributed by atoms with Crippen molar-refractivity contribution < 1.29 is 9.21 Å². The van der Waals surface area contributed by atoms with Crippen molar-refractivity contribution in [3.63, 3.8) is 0 Å². The number of nitrogens with zero attached hydrogens (tertiary/aromatic N) is 4.